The summed E-state index contributed by atoms with van der Waals surface area (Å²) in [6, 6.07) is 8.19. The van der Waals surface area contributed by atoms with Crippen molar-refractivity contribution in [2.75, 3.05) is 26.3 Å². The van der Waals surface area contributed by atoms with Crippen LogP contribution in [-0.2, 0) is 15.9 Å². The Hall–Kier alpha value is -1.52. The van der Waals surface area contributed by atoms with Crippen LogP contribution in [0.2, 0.25) is 0 Å². The van der Waals surface area contributed by atoms with Crippen LogP contribution in [0.15, 0.2) is 28.7 Å². The minimum Gasteiger partial charge on any atom is -0.492 e. The van der Waals surface area contributed by atoms with Crippen molar-refractivity contribution in [3.8, 4) is 5.88 Å². The second kappa shape index (κ2) is 7.63. The summed E-state index contributed by atoms with van der Waals surface area (Å²) in [6.45, 7) is 5.00. The zero-order valence-corrected chi connectivity index (χ0v) is 18.6. The molecular formula is C20H23BrN4O3S. The van der Waals surface area contributed by atoms with E-state index in [0.29, 0.717) is 13.2 Å². The van der Waals surface area contributed by atoms with E-state index in [-0.39, 0.29) is 11.9 Å². The van der Waals surface area contributed by atoms with Gasteiger partial charge in [-0.1, -0.05) is 46.3 Å². The maximum atomic E-state index is 11.0. The first-order valence-corrected chi connectivity index (χ1v) is 11.5. The number of likely N-dealkylation sites (tertiary alicyclic amines) is 1. The van der Waals surface area contributed by atoms with Gasteiger partial charge in [-0.15, -0.1) is 5.10 Å². The molecule has 0 amide bonds. The zero-order valence-electron chi connectivity index (χ0n) is 16.2. The van der Waals surface area contributed by atoms with Gasteiger partial charge in [0, 0.05) is 36.8 Å². The molecule has 1 N–H and O–H groups in total. The van der Waals surface area contributed by atoms with Gasteiger partial charge >= 0.3 is 0 Å². The van der Waals surface area contributed by atoms with Crippen molar-refractivity contribution in [3.63, 3.8) is 0 Å². The largest absolute Gasteiger partial charge is 0.492 e. The summed E-state index contributed by atoms with van der Waals surface area (Å²) in [7, 11) is 0. The number of ether oxygens (including phenoxy) is 2. The lowest BCUT2D eigenvalue weighted by Gasteiger charge is -2.41. The number of thiazole rings is 1. The third-order valence-corrected chi connectivity index (χ3v) is 7.28. The highest BCUT2D eigenvalue weighted by Gasteiger charge is 2.42. The van der Waals surface area contributed by atoms with E-state index in [9.17, 15) is 5.11 Å². The number of piperidine rings is 1. The van der Waals surface area contributed by atoms with Crippen molar-refractivity contribution in [3.05, 3.63) is 45.0 Å². The Morgan fingerprint density at radius 1 is 1.28 bits per heavy atom. The Morgan fingerprint density at radius 3 is 2.69 bits per heavy atom. The molecule has 4 heterocycles. The summed E-state index contributed by atoms with van der Waals surface area (Å²) in [6.07, 6.45) is 2.38. The summed E-state index contributed by atoms with van der Waals surface area (Å²) in [5.74, 6) is 0.491. The Labute approximate surface area is 181 Å². The normalized spacial score (nSPS) is 20.6. The molecule has 154 valence electrons. The fourth-order valence-electron chi connectivity index (χ4n) is 4.23. The minimum atomic E-state index is -0.429. The number of halogens is 1. The summed E-state index contributed by atoms with van der Waals surface area (Å²) in [4.78, 5) is 8.54. The molecule has 0 bridgehead atoms. The van der Waals surface area contributed by atoms with Gasteiger partial charge in [0.05, 0.1) is 24.1 Å². The van der Waals surface area contributed by atoms with E-state index in [1.54, 1.807) is 4.52 Å². The van der Waals surface area contributed by atoms with E-state index >= 15 is 0 Å². The quantitative estimate of drug-likeness (QED) is 0.615. The molecule has 1 aromatic carbocycles. The van der Waals surface area contributed by atoms with Gasteiger partial charge in [0.15, 0.2) is 11.6 Å². The number of nitrogens with zero attached hydrogens (tertiary/aromatic N) is 4. The lowest BCUT2D eigenvalue weighted by atomic mass is 9.97. The molecule has 0 radical (unpaired) electrons. The lowest BCUT2D eigenvalue weighted by molar-refractivity contribution is -0.187. The summed E-state index contributed by atoms with van der Waals surface area (Å²) in [5.41, 5.74) is 1.12. The number of rotatable bonds is 4. The van der Waals surface area contributed by atoms with Crippen LogP contribution in [0.3, 0.4) is 0 Å². The predicted octanol–water partition coefficient (Wildman–Crippen LogP) is 3.75. The third kappa shape index (κ3) is 3.48. The number of aromatic nitrogens is 3. The van der Waals surface area contributed by atoms with Crippen LogP contribution in [0.5, 0.6) is 5.88 Å². The van der Waals surface area contributed by atoms with Crippen molar-refractivity contribution in [2.45, 2.75) is 38.0 Å². The van der Waals surface area contributed by atoms with E-state index in [0.717, 1.165) is 58.1 Å². The topological polar surface area (TPSA) is 72.1 Å². The molecule has 1 atom stereocenters. The highest BCUT2D eigenvalue weighted by molar-refractivity contribution is 9.10. The average Bonchev–Trinajstić information content (AvgIpc) is 3.42. The first-order valence-electron chi connectivity index (χ1n) is 9.93. The van der Waals surface area contributed by atoms with Crippen LogP contribution in [0.25, 0.3) is 4.96 Å². The van der Waals surface area contributed by atoms with E-state index < -0.39 is 5.79 Å². The van der Waals surface area contributed by atoms with Crippen LogP contribution >= 0.6 is 27.3 Å². The maximum Gasteiger partial charge on any atom is 0.230 e. The zero-order chi connectivity index (χ0) is 20.0. The van der Waals surface area contributed by atoms with E-state index in [1.807, 2.05) is 19.1 Å². The van der Waals surface area contributed by atoms with Crippen molar-refractivity contribution < 1.29 is 14.6 Å². The fraction of sp³-hybridized carbons (Fsp3) is 0.500. The SMILES string of the molecule is CCc1nc2sc([C@@H](c3cccc(Br)c3)N3CCC4(CC3)OCCO4)c(O)n2n1. The number of hydrogen-bond donors (Lipinski definition) is 1. The molecule has 1 spiro atoms. The summed E-state index contributed by atoms with van der Waals surface area (Å²) < 4.78 is 14.4. The van der Waals surface area contributed by atoms with E-state index in [1.165, 1.54) is 11.3 Å². The van der Waals surface area contributed by atoms with Crippen LogP contribution in [0.1, 0.15) is 42.1 Å². The molecule has 2 aliphatic heterocycles. The van der Waals surface area contributed by atoms with Crippen molar-refractivity contribution in [1.82, 2.24) is 19.5 Å². The van der Waals surface area contributed by atoms with Crippen LogP contribution in [-0.4, -0.2) is 56.7 Å². The standard InChI is InChI=1S/C20H23BrN4O3S/c1-2-15-22-19-25(23-15)18(26)17(29-19)16(13-4-3-5-14(21)12-13)24-8-6-20(7-9-24)27-10-11-28-20/h3-5,12,16,26H,2,6-11H2,1H3/t16-/m1/s1. The molecular weight excluding hydrogens is 456 g/mol. The monoisotopic (exact) mass is 478 g/mol. The summed E-state index contributed by atoms with van der Waals surface area (Å²) in [5, 5.41) is 15.5. The molecule has 2 aromatic heterocycles. The van der Waals surface area contributed by atoms with Gasteiger partial charge in [-0.05, 0) is 17.7 Å². The number of aromatic hydroxyl groups is 1. The molecule has 3 aromatic rings. The Morgan fingerprint density at radius 2 is 2.03 bits per heavy atom. The van der Waals surface area contributed by atoms with Gasteiger partial charge in [-0.3, -0.25) is 4.90 Å². The Kier molecular flexibility index (Phi) is 5.11. The molecule has 0 aliphatic carbocycles. The highest BCUT2D eigenvalue weighted by Crippen LogP contribution is 2.43. The van der Waals surface area contributed by atoms with Gasteiger partial charge in [0.1, 0.15) is 0 Å². The molecule has 2 saturated heterocycles. The first-order chi connectivity index (χ1) is 14.1. The van der Waals surface area contributed by atoms with Crippen LogP contribution in [0.4, 0.5) is 0 Å². The first kappa shape index (κ1) is 19.4. The number of aryl methyl sites for hydroxylation is 1. The molecule has 7 nitrogen and oxygen atoms in total. The smallest absolute Gasteiger partial charge is 0.230 e. The number of hydrogen-bond acceptors (Lipinski definition) is 7. The Bertz CT molecular complexity index is 1020. The second-order valence-corrected chi connectivity index (χ2v) is 9.39. The van der Waals surface area contributed by atoms with Gasteiger partial charge in [-0.25, -0.2) is 4.98 Å². The minimum absolute atomic E-state index is 0.0789. The van der Waals surface area contributed by atoms with Gasteiger partial charge in [0.25, 0.3) is 0 Å². The Balaban J connectivity index is 1.53. The van der Waals surface area contributed by atoms with Gasteiger partial charge in [-0.2, -0.15) is 4.52 Å². The van der Waals surface area contributed by atoms with E-state index in [2.05, 4.69) is 43.0 Å². The molecule has 2 aliphatic rings. The molecule has 5 rings (SSSR count). The fourth-order valence-corrected chi connectivity index (χ4v) is 5.78. The lowest BCUT2D eigenvalue weighted by Crippen LogP contribution is -2.46. The maximum absolute atomic E-state index is 11.0. The predicted molar refractivity (Wildman–Crippen MR) is 113 cm³/mol. The average molecular weight is 479 g/mol. The third-order valence-electron chi connectivity index (χ3n) is 5.71. The van der Waals surface area contributed by atoms with Crippen LogP contribution < -0.4 is 0 Å². The second-order valence-electron chi connectivity index (χ2n) is 7.47. The molecule has 0 unspecified atom stereocenters. The molecule has 0 saturated carbocycles. The highest BCUT2D eigenvalue weighted by atomic mass is 79.9. The van der Waals surface area contributed by atoms with Crippen molar-refractivity contribution in [1.29, 1.82) is 0 Å². The molecule has 29 heavy (non-hydrogen) atoms. The number of benzene rings is 1. The van der Waals surface area contributed by atoms with Gasteiger partial charge < -0.3 is 14.6 Å². The number of fused-ring (bicyclic) bond motifs is 1. The summed E-state index contributed by atoms with van der Waals surface area (Å²) >= 11 is 5.10. The van der Waals surface area contributed by atoms with Crippen LogP contribution in [0, 0.1) is 0 Å². The van der Waals surface area contributed by atoms with Gasteiger partial charge in [0.2, 0.25) is 10.8 Å². The van der Waals surface area contributed by atoms with Crippen molar-refractivity contribution >= 4 is 32.2 Å². The molecule has 9 heteroatoms. The van der Waals surface area contributed by atoms with Crippen molar-refractivity contribution in [2.24, 2.45) is 0 Å². The molecule has 2 fully saturated rings. The van der Waals surface area contributed by atoms with E-state index in [4.69, 9.17) is 9.47 Å².